The van der Waals surface area contributed by atoms with Crippen molar-refractivity contribution < 1.29 is 9.90 Å². The Morgan fingerprint density at radius 2 is 2.27 bits per heavy atom. The minimum absolute atomic E-state index is 0.00551. The van der Waals surface area contributed by atoms with Crippen LogP contribution in [0.25, 0.3) is 0 Å². The van der Waals surface area contributed by atoms with Crippen molar-refractivity contribution in [2.75, 3.05) is 27.2 Å². The van der Waals surface area contributed by atoms with Gasteiger partial charge in [-0.2, -0.15) is 0 Å². The van der Waals surface area contributed by atoms with Crippen LogP contribution in [-0.2, 0) is 4.79 Å². The van der Waals surface area contributed by atoms with Crippen LogP contribution >= 0.6 is 0 Å². The highest BCUT2D eigenvalue weighted by Crippen LogP contribution is 1.93. The maximum Gasteiger partial charge on any atom is 0.236 e. The summed E-state index contributed by atoms with van der Waals surface area (Å²) in [5.41, 5.74) is 0. The maximum atomic E-state index is 11.1. The molecule has 1 atom stereocenters. The second-order valence-corrected chi connectivity index (χ2v) is 2.57. The summed E-state index contributed by atoms with van der Waals surface area (Å²) in [7, 11) is 3.40. The van der Waals surface area contributed by atoms with Gasteiger partial charge in [-0.05, 0) is 14.0 Å². The van der Waals surface area contributed by atoms with E-state index < -0.39 is 0 Å². The number of aliphatic hydroxyl groups excluding tert-OH is 1. The van der Waals surface area contributed by atoms with Gasteiger partial charge in [0, 0.05) is 7.05 Å². The van der Waals surface area contributed by atoms with Crippen LogP contribution in [0.15, 0.2) is 0 Å². The summed E-state index contributed by atoms with van der Waals surface area (Å²) in [4.78, 5) is 12.6. The molecule has 2 N–H and O–H groups in total. The van der Waals surface area contributed by atoms with E-state index in [0.29, 0.717) is 6.54 Å². The van der Waals surface area contributed by atoms with E-state index in [-0.39, 0.29) is 18.6 Å². The SMILES string of the molecule is CNCC(=O)N(C)C(C)CO. The average molecular weight is 160 g/mol. The summed E-state index contributed by atoms with van der Waals surface area (Å²) in [5.74, 6) is -0.00551. The highest BCUT2D eigenvalue weighted by atomic mass is 16.3. The van der Waals surface area contributed by atoms with E-state index in [1.807, 2.05) is 0 Å². The number of nitrogens with zero attached hydrogens (tertiary/aromatic N) is 1. The Hall–Kier alpha value is -0.610. The first-order valence-electron chi connectivity index (χ1n) is 3.64. The Labute approximate surface area is 67.2 Å². The number of hydrogen-bond acceptors (Lipinski definition) is 3. The van der Waals surface area contributed by atoms with Gasteiger partial charge >= 0.3 is 0 Å². The minimum Gasteiger partial charge on any atom is -0.394 e. The van der Waals surface area contributed by atoms with Crippen LogP contribution in [0.1, 0.15) is 6.92 Å². The number of aliphatic hydroxyl groups is 1. The zero-order valence-electron chi connectivity index (χ0n) is 7.29. The van der Waals surface area contributed by atoms with Crippen molar-refractivity contribution >= 4 is 5.91 Å². The summed E-state index contributed by atoms with van der Waals surface area (Å²) in [6.45, 7) is 2.13. The van der Waals surface area contributed by atoms with Gasteiger partial charge in [-0.1, -0.05) is 0 Å². The molecule has 4 heteroatoms. The van der Waals surface area contributed by atoms with Crippen LogP contribution in [0, 0.1) is 0 Å². The van der Waals surface area contributed by atoms with E-state index in [9.17, 15) is 4.79 Å². The monoisotopic (exact) mass is 160 g/mol. The van der Waals surface area contributed by atoms with Gasteiger partial charge in [0.25, 0.3) is 0 Å². The molecule has 1 amide bonds. The lowest BCUT2D eigenvalue weighted by atomic mass is 10.3. The molecule has 0 aliphatic rings. The van der Waals surface area contributed by atoms with E-state index in [1.165, 1.54) is 4.90 Å². The predicted molar refractivity (Wildman–Crippen MR) is 43.2 cm³/mol. The molecule has 0 bridgehead atoms. The van der Waals surface area contributed by atoms with Crippen LogP contribution in [0.5, 0.6) is 0 Å². The quantitative estimate of drug-likeness (QED) is 0.557. The number of amides is 1. The standard InChI is InChI=1S/C7H16N2O2/c1-6(5-10)9(3)7(11)4-8-2/h6,8,10H,4-5H2,1-3H3. The molecule has 0 aromatic rings. The zero-order chi connectivity index (χ0) is 8.85. The first-order chi connectivity index (χ1) is 5.13. The van der Waals surface area contributed by atoms with Gasteiger partial charge in [-0.15, -0.1) is 0 Å². The highest BCUT2D eigenvalue weighted by molar-refractivity contribution is 5.78. The lowest BCUT2D eigenvalue weighted by Gasteiger charge is -2.22. The average Bonchev–Trinajstić information content (AvgIpc) is 2.02. The number of nitrogens with one attached hydrogen (secondary N) is 1. The Bertz CT molecular complexity index is 128. The molecule has 0 spiro atoms. The molecular formula is C7H16N2O2. The molecule has 0 aromatic carbocycles. The highest BCUT2D eigenvalue weighted by Gasteiger charge is 2.12. The molecule has 0 saturated heterocycles. The van der Waals surface area contributed by atoms with Crippen molar-refractivity contribution in [1.29, 1.82) is 0 Å². The molecule has 1 unspecified atom stereocenters. The predicted octanol–water partition coefficient (Wildman–Crippen LogP) is -0.955. The van der Waals surface area contributed by atoms with Gasteiger partial charge in [0.15, 0.2) is 0 Å². The Balaban J connectivity index is 3.80. The second kappa shape index (κ2) is 5.09. The molecule has 0 rings (SSSR count). The topological polar surface area (TPSA) is 52.6 Å². The summed E-state index contributed by atoms with van der Waals surface area (Å²) >= 11 is 0. The molecule has 0 saturated carbocycles. The summed E-state index contributed by atoms with van der Waals surface area (Å²) < 4.78 is 0. The maximum absolute atomic E-state index is 11.1. The molecule has 11 heavy (non-hydrogen) atoms. The Morgan fingerprint density at radius 1 is 1.73 bits per heavy atom. The minimum atomic E-state index is -0.101. The molecule has 0 aliphatic heterocycles. The van der Waals surface area contributed by atoms with Gasteiger partial charge in [-0.25, -0.2) is 0 Å². The van der Waals surface area contributed by atoms with Crippen molar-refractivity contribution in [2.24, 2.45) is 0 Å². The number of carbonyl (C=O) groups is 1. The van der Waals surface area contributed by atoms with Crippen LogP contribution < -0.4 is 5.32 Å². The van der Waals surface area contributed by atoms with Crippen molar-refractivity contribution in [3.8, 4) is 0 Å². The van der Waals surface area contributed by atoms with E-state index in [4.69, 9.17) is 5.11 Å². The molecule has 66 valence electrons. The number of likely N-dealkylation sites (N-methyl/N-ethyl adjacent to an activating group) is 2. The van der Waals surface area contributed by atoms with Crippen LogP contribution in [-0.4, -0.2) is 49.2 Å². The van der Waals surface area contributed by atoms with E-state index >= 15 is 0 Å². The van der Waals surface area contributed by atoms with E-state index in [2.05, 4.69) is 5.32 Å². The Morgan fingerprint density at radius 3 is 2.64 bits per heavy atom. The smallest absolute Gasteiger partial charge is 0.236 e. The summed E-state index contributed by atoms with van der Waals surface area (Å²) in [6.07, 6.45) is 0. The fourth-order valence-corrected chi connectivity index (χ4v) is 0.644. The number of hydrogen-bond donors (Lipinski definition) is 2. The molecule has 0 radical (unpaired) electrons. The third kappa shape index (κ3) is 3.34. The molecule has 0 aliphatic carbocycles. The largest absolute Gasteiger partial charge is 0.394 e. The van der Waals surface area contributed by atoms with Crippen molar-refractivity contribution in [3.05, 3.63) is 0 Å². The summed E-state index contributed by atoms with van der Waals surface area (Å²) in [5, 5.41) is 11.5. The number of carbonyl (C=O) groups excluding carboxylic acids is 1. The fraction of sp³-hybridized carbons (Fsp3) is 0.857. The van der Waals surface area contributed by atoms with Crippen LogP contribution in [0.4, 0.5) is 0 Å². The van der Waals surface area contributed by atoms with Crippen molar-refractivity contribution in [2.45, 2.75) is 13.0 Å². The number of rotatable bonds is 4. The van der Waals surface area contributed by atoms with Gasteiger partial charge < -0.3 is 15.3 Å². The van der Waals surface area contributed by atoms with Gasteiger partial charge in [0.05, 0.1) is 19.2 Å². The molecule has 0 heterocycles. The summed E-state index contributed by atoms with van der Waals surface area (Å²) in [6, 6.07) is -0.101. The molecule has 4 nitrogen and oxygen atoms in total. The van der Waals surface area contributed by atoms with Gasteiger partial charge in [0.2, 0.25) is 5.91 Å². The fourth-order valence-electron chi connectivity index (χ4n) is 0.644. The first kappa shape index (κ1) is 10.4. The van der Waals surface area contributed by atoms with E-state index in [0.717, 1.165) is 0 Å². The van der Waals surface area contributed by atoms with Gasteiger partial charge in [-0.3, -0.25) is 4.79 Å². The molecule has 0 fully saturated rings. The molecule has 0 aromatic heterocycles. The Kier molecular flexibility index (Phi) is 4.81. The zero-order valence-corrected chi connectivity index (χ0v) is 7.29. The van der Waals surface area contributed by atoms with Crippen LogP contribution in [0.3, 0.4) is 0 Å². The first-order valence-corrected chi connectivity index (χ1v) is 3.64. The van der Waals surface area contributed by atoms with Crippen molar-refractivity contribution in [3.63, 3.8) is 0 Å². The van der Waals surface area contributed by atoms with Crippen molar-refractivity contribution in [1.82, 2.24) is 10.2 Å². The van der Waals surface area contributed by atoms with Crippen LogP contribution in [0.2, 0.25) is 0 Å². The lowest BCUT2D eigenvalue weighted by Crippen LogP contribution is -2.41. The third-order valence-corrected chi connectivity index (χ3v) is 1.65. The third-order valence-electron chi connectivity index (χ3n) is 1.65. The molecular weight excluding hydrogens is 144 g/mol. The lowest BCUT2D eigenvalue weighted by molar-refractivity contribution is -0.131. The van der Waals surface area contributed by atoms with E-state index in [1.54, 1.807) is 21.0 Å². The normalized spacial score (nSPS) is 12.7. The second-order valence-electron chi connectivity index (χ2n) is 2.57. The van der Waals surface area contributed by atoms with Gasteiger partial charge in [0.1, 0.15) is 0 Å².